The molecule has 3 nitrogen and oxygen atoms in total. The summed E-state index contributed by atoms with van der Waals surface area (Å²) in [6, 6.07) is 10.6. The van der Waals surface area contributed by atoms with Crippen molar-refractivity contribution in [1.82, 2.24) is 10.2 Å². The Morgan fingerprint density at radius 3 is 2.68 bits per heavy atom. The Kier molecular flexibility index (Phi) is 6.16. The fraction of sp³-hybridized carbons (Fsp3) is 0.588. The molecule has 1 aromatic rings. The second-order valence-electron chi connectivity index (χ2n) is 5.74. The highest BCUT2D eigenvalue weighted by Gasteiger charge is 2.30. The minimum Gasteiger partial charge on any atom is -0.351 e. The molecule has 1 heterocycles. The van der Waals surface area contributed by atoms with E-state index < -0.39 is 6.43 Å². The Labute approximate surface area is 131 Å². The maximum atomic E-state index is 12.4. The van der Waals surface area contributed by atoms with E-state index in [2.05, 4.69) is 46.4 Å². The number of rotatable bonds is 4. The third kappa shape index (κ3) is 4.18. The predicted molar refractivity (Wildman–Crippen MR) is 86.5 cm³/mol. The molecule has 1 fully saturated rings. The minimum absolute atomic E-state index is 0.345. The smallest absolute Gasteiger partial charge is 0.255 e. The lowest BCUT2D eigenvalue weighted by atomic mass is 9.79. The van der Waals surface area contributed by atoms with Crippen molar-refractivity contribution in [3.63, 3.8) is 0 Å². The molecular weight excluding hydrogens is 284 g/mol. The van der Waals surface area contributed by atoms with Crippen molar-refractivity contribution >= 4 is 5.96 Å². The van der Waals surface area contributed by atoms with Gasteiger partial charge in [0.05, 0.1) is 6.54 Å². The van der Waals surface area contributed by atoms with Gasteiger partial charge in [-0.3, -0.25) is 4.99 Å². The molecule has 0 spiro atoms. The summed E-state index contributed by atoms with van der Waals surface area (Å²) >= 11 is 0. The van der Waals surface area contributed by atoms with Crippen LogP contribution in [0.2, 0.25) is 0 Å². The molecule has 0 saturated carbocycles. The molecule has 0 radical (unpaired) electrons. The van der Waals surface area contributed by atoms with E-state index in [0.717, 1.165) is 25.9 Å². The first-order valence-corrected chi connectivity index (χ1v) is 7.94. The zero-order valence-electron chi connectivity index (χ0n) is 13.3. The number of guanidine groups is 1. The third-order valence-electron chi connectivity index (χ3n) is 4.41. The molecule has 0 amide bonds. The van der Waals surface area contributed by atoms with Crippen molar-refractivity contribution in [3.05, 3.63) is 35.9 Å². The first-order chi connectivity index (χ1) is 10.7. The number of piperidine rings is 1. The van der Waals surface area contributed by atoms with Crippen LogP contribution in [0.5, 0.6) is 0 Å². The summed E-state index contributed by atoms with van der Waals surface area (Å²) in [7, 11) is 1.65. The van der Waals surface area contributed by atoms with Gasteiger partial charge in [0.2, 0.25) is 0 Å². The largest absolute Gasteiger partial charge is 0.351 e. The molecule has 1 aliphatic rings. The first kappa shape index (κ1) is 16.7. The summed E-state index contributed by atoms with van der Waals surface area (Å²) in [4.78, 5) is 6.26. The van der Waals surface area contributed by atoms with Crippen LogP contribution in [-0.2, 0) is 0 Å². The van der Waals surface area contributed by atoms with E-state index in [9.17, 15) is 8.78 Å². The molecule has 0 bridgehead atoms. The minimum atomic E-state index is -2.36. The quantitative estimate of drug-likeness (QED) is 0.682. The molecular formula is C17H25F2N3. The summed E-state index contributed by atoms with van der Waals surface area (Å²) in [5.41, 5.74) is 1.38. The topological polar surface area (TPSA) is 27.6 Å². The highest BCUT2D eigenvalue weighted by molar-refractivity contribution is 5.80. The number of halogens is 2. The van der Waals surface area contributed by atoms with Crippen molar-refractivity contribution in [2.75, 3.05) is 26.7 Å². The van der Waals surface area contributed by atoms with Crippen molar-refractivity contribution in [2.24, 2.45) is 10.9 Å². The van der Waals surface area contributed by atoms with Gasteiger partial charge in [-0.25, -0.2) is 8.78 Å². The fourth-order valence-corrected chi connectivity index (χ4v) is 3.28. The summed E-state index contributed by atoms with van der Waals surface area (Å²) in [5, 5.41) is 2.76. The van der Waals surface area contributed by atoms with E-state index in [1.54, 1.807) is 7.05 Å². The van der Waals surface area contributed by atoms with E-state index in [1.807, 2.05) is 6.07 Å². The van der Waals surface area contributed by atoms with E-state index in [1.165, 1.54) is 5.56 Å². The zero-order valence-corrected chi connectivity index (χ0v) is 13.3. The van der Waals surface area contributed by atoms with Crippen molar-refractivity contribution in [2.45, 2.75) is 32.1 Å². The number of hydrogen-bond donors (Lipinski definition) is 1. The van der Waals surface area contributed by atoms with Crippen LogP contribution in [0, 0.1) is 5.92 Å². The predicted octanol–water partition coefficient (Wildman–Crippen LogP) is 3.34. The van der Waals surface area contributed by atoms with Crippen LogP contribution in [0.1, 0.15) is 31.2 Å². The first-order valence-electron chi connectivity index (χ1n) is 7.94. The van der Waals surface area contributed by atoms with E-state index in [4.69, 9.17) is 0 Å². The molecule has 22 heavy (non-hydrogen) atoms. The number of hydrogen-bond acceptors (Lipinski definition) is 1. The Balaban J connectivity index is 2.02. The van der Waals surface area contributed by atoms with Crippen LogP contribution in [0.4, 0.5) is 8.78 Å². The van der Waals surface area contributed by atoms with Crippen LogP contribution in [0.15, 0.2) is 35.3 Å². The van der Waals surface area contributed by atoms with Gasteiger partial charge in [-0.15, -0.1) is 0 Å². The number of alkyl halides is 2. The van der Waals surface area contributed by atoms with E-state index in [0.29, 0.717) is 17.8 Å². The standard InChI is InChI=1S/C17H25F2N3/c1-3-13-12-22(17(20-2)21-11-16(18)19)10-9-15(13)14-7-5-4-6-8-14/h4-8,13,15-16H,3,9-12H2,1-2H3,(H,20,21). The molecule has 1 aromatic carbocycles. The van der Waals surface area contributed by atoms with E-state index in [-0.39, 0.29) is 6.54 Å². The van der Waals surface area contributed by atoms with Crippen LogP contribution < -0.4 is 5.32 Å². The number of aliphatic imine (C=N–C) groups is 1. The van der Waals surface area contributed by atoms with Gasteiger partial charge in [-0.1, -0.05) is 43.7 Å². The normalized spacial score (nSPS) is 23.0. The molecule has 2 rings (SSSR count). The second kappa shape index (κ2) is 8.11. The fourth-order valence-electron chi connectivity index (χ4n) is 3.28. The van der Waals surface area contributed by atoms with Gasteiger partial charge in [0.25, 0.3) is 6.43 Å². The Morgan fingerprint density at radius 2 is 2.09 bits per heavy atom. The lowest BCUT2D eigenvalue weighted by Gasteiger charge is -2.40. The molecule has 122 valence electrons. The van der Waals surface area contributed by atoms with Gasteiger partial charge in [0.1, 0.15) is 0 Å². The summed E-state index contributed by atoms with van der Waals surface area (Å²) in [6.07, 6.45) is -0.264. The molecule has 2 unspecified atom stereocenters. The van der Waals surface area contributed by atoms with Gasteiger partial charge < -0.3 is 10.2 Å². The second-order valence-corrected chi connectivity index (χ2v) is 5.74. The highest BCUT2D eigenvalue weighted by atomic mass is 19.3. The number of benzene rings is 1. The average molecular weight is 309 g/mol. The molecule has 0 aromatic heterocycles. The van der Waals surface area contributed by atoms with Gasteiger partial charge in [-0.2, -0.15) is 0 Å². The van der Waals surface area contributed by atoms with Gasteiger partial charge >= 0.3 is 0 Å². The number of likely N-dealkylation sites (tertiary alicyclic amines) is 1. The lowest BCUT2D eigenvalue weighted by Crippen LogP contribution is -2.49. The molecule has 1 N–H and O–H groups in total. The van der Waals surface area contributed by atoms with Crippen LogP contribution >= 0.6 is 0 Å². The SMILES string of the molecule is CCC1CN(C(=NC)NCC(F)F)CCC1c1ccccc1. The van der Waals surface area contributed by atoms with Crippen LogP contribution in [0.3, 0.4) is 0 Å². The molecule has 1 aliphatic heterocycles. The average Bonchev–Trinajstić information content (AvgIpc) is 2.55. The summed E-state index contributed by atoms with van der Waals surface area (Å²) in [5.74, 6) is 1.64. The number of nitrogens with one attached hydrogen (secondary N) is 1. The Morgan fingerprint density at radius 1 is 1.36 bits per heavy atom. The molecule has 0 aliphatic carbocycles. The van der Waals surface area contributed by atoms with Crippen molar-refractivity contribution < 1.29 is 8.78 Å². The Bertz CT molecular complexity index is 476. The van der Waals surface area contributed by atoms with E-state index >= 15 is 0 Å². The summed E-state index contributed by atoms with van der Waals surface area (Å²) in [6.45, 7) is 3.56. The van der Waals surface area contributed by atoms with Gasteiger partial charge in [-0.05, 0) is 23.8 Å². The Hall–Kier alpha value is -1.65. The maximum Gasteiger partial charge on any atom is 0.255 e. The van der Waals surface area contributed by atoms with Crippen molar-refractivity contribution in [3.8, 4) is 0 Å². The van der Waals surface area contributed by atoms with Crippen LogP contribution in [-0.4, -0.2) is 44.0 Å². The lowest BCUT2D eigenvalue weighted by molar-refractivity contribution is 0.148. The molecule has 1 saturated heterocycles. The monoisotopic (exact) mass is 309 g/mol. The molecule has 5 heteroatoms. The number of nitrogens with zero attached hydrogens (tertiary/aromatic N) is 2. The summed E-state index contributed by atoms with van der Waals surface area (Å²) < 4.78 is 24.8. The highest BCUT2D eigenvalue weighted by Crippen LogP contribution is 2.34. The van der Waals surface area contributed by atoms with Crippen molar-refractivity contribution in [1.29, 1.82) is 0 Å². The van der Waals surface area contributed by atoms with Gasteiger partial charge in [0.15, 0.2) is 5.96 Å². The maximum absolute atomic E-state index is 12.4. The molecule has 2 atom stereocenters. The van der Waals surface area contributed by atoms with Crippen LogP contribution in [0.25, 0.3) is 0 Å². The third-order valence-corrected chi connectivity index (χ3v) is 4.41. The zero-order chi connectivity index (χ0) is 15.9. The van der Waals surface area contributed by atoms with Gasteiger partial charge in [0, 0.05) is 20.1 Å².